The Balaban J connectivity index is 2.91. The van der Waals surface area contributed by atoms with E-state index in [0.29, 0.717) is 12.3 Å². The number of aryl methyl sites for hydroxylation is 2. The minimum atomic E-state index is -0.730. The zero-order valence-corrected chi connectivity index (χ0v) is 9.58. The third-order valence-corrected chi connectivity index (χ3v) is 2.53. The highest BCUT2D eigenvalue weighted by Gasteiger charge is 2.08. The molecule has 15 heavy (non-hydrogen) atoms. The van der Waals surface area contributed by atoms with E-state index in [4.69, 9.17) is 5.11 Å². The Hall–Kier alpha value is -1.31. The van der Waals surface area contributed by atoms with E-state index >= 15 is 0 Å². The Labute approximate surface area is 90.9 Å². The van der Waals surface area contributed by atoms with Crippen molar-refractivity contribution in [3.63, 3.8) is 0 Å². The lowest BCUT2D eigenvalue weighted by Gasteiger charge is -2.12. The smallest absolute Gasteiger partial charge is 0.303 e. The van der Waals surface area contributed by atoms with E-state index in [1.807, 2.05) is 6.92 Å². The second kappa shape index (κ2) is 4.96. The summed E-state index contributed by atoms with van der Waals surface area (Å²) in [5.41, 5.74) is 3.63. The van der Waals surface area contributed by atoms with Crippen molar-refractivity contribution in [3.8, 4) is 0 Å². The molecule has 0 spiro atoms. The topological polar surface area (TPSA) is 37.3 Å². The fourth-order valence-electron chi connectivity index (χ4n) is 1.76. The lowest BCUT2D eigenvalue weighted by molar-refractivity contribution is -0.136. The van der Waals surface area contributed by atoms with Gasteiger partial charge in [-0.05, 0) is 30.4 Å². The first-order valence-electron chi connectivity index (χ1n) is 5.32. The highest BCUT2D eigenvalue weighted by atomic mass is 16.4. The number of hydrogen-bond donors (Lipinski definition) is 1. The molecule has 0 saturated heterocycles. The van der Waals surface area contributed by atoms with Crippen LogP contribution in [-0.2, 0) is 11.2 Å². The van der Waals surface area contributed by atoms with Crippen molar-refractivity contribution in [1.82, 2.24) is 0 Å². The van der Waals surface area contributed by atoms with Crippen molar-refractivity contribution in [2.24, 2.45) is 0 Å². The van der Waals surface area contributed by atoms with Crippen molar-refractivity contribution >= 4 is 5.97 Å². The summed E-state index contributed by atoms with van der Waals surface area (Å²) >= 11 is 0. The van der Waals surface area contributed by atoms with Crippen LogP contribution in [0, 0.1) is 6.92 Å². The molecule has 1 rings (SSSR count). The van der Waals surface area contributed by atoms with Gasteiger partial charge in [-0.15, -0.1) is 0 Å². The van der Waals surface area contributed by atoms with Crippen LogP contribution in [0.3, 0.4) is 0 Å². The summed E-state index contributed by atoms with van der Waals surface area (Å²) in [7, 11) is 0. The Morgan fingerprint density at radius 1 is 1.40 bits per heavy atom. The van der Waals surface area contributed by atoms with Crippen LogP contribution < -0.4 is 0 Å². The van der Waals surface area contributed by atoms with Gasteiger partial charge >= 0.3 is 5.97 Å². The minimum Gasteiger partial charge on any atom is -0.481 e. The number of hydrogen-bond acceptors (Lipinski definition) is 1. The summed E-state index contributed by atoms with van der Waals surface area (Å²) in [6, 6.07) is 6.29. The maximum absolute atomic E-state index is 10.5. The van der Waals surface area contributed by atoms with E-state index in [9.17, 15) is 4.79 Å². The Morgan fingerprint density at radius 2 is 2.07 bits per heavy atom. The summed E-state index contributed by atoms with van der Waals surface area (Å²) in [6.07, 6.45) is 0.841. The largest absolute Gasteiger partial charge is 0.481 e. The third kappa shape index (κ3) is 3.39. The number of carboxylic acid groups (broad SMARTS) is 1. The molecule has 1 N–H and O–H groups in total. The summed E-state index contributed by atoms with van der Waals surface area (Å²) in [5.74, 6) is -0.277. The molecule has 2 nitrogen and oxygen atoms in total. The highest BCUT2D eigenvalue weighted by Crippen LogP contribution is 2.21. The zero-order chi connectivity index (χ0) is 11.4. The lowest BCUT2D eigenvalue weighted by Crippen LogP contribution is -2.02. The van der Waals surface area contributed by atoms with Gasteiger partial charge in [-0.2, -0.15) is 0 Å². The van der Waals surface area contributed by atoms with E-state index in [-0.39, 0.29) is 6.42 Å². The SMILES string of the molecule is Cc1ccc(C(C)C)c(CCC(=O)O)c1. The van der Waals surface area contributed by atoms with Crippen molar-refractivity contribution < 1.29 is 9.90 Å². The minimum absolute atomic E-state index is 0.211. The summed E-state index contributed by atoms with van der Waals surface area (Å²) in [5, 5.41) is 8.67. The fourth-order valence-corrected chi connectivity index (χ4v) is 1.76. The molecule has 0 aliphatic carbocycles. The lowest BCUT2D eigenvalue weighted by atomic mass is 9.93. The van der Waals surface area contributed by atoms with Crippen LogP contribution in [0.5, 0.6) is 0 Å². The first-order chi connectivity index (χ1) is 7.00. The monoisotopic (exact) mass is 206 g/mol. The van der Waals surface area contributed by atoms with Crippen LogP contribution in [0.25, 0.3) is 0 Å². The normalized spacial score (nSPS) is 10.7. The number of benzene rings is 1. The molecule has 0 aliphatic rings. The van der Waals surface area contributed by atoms with Gasteiger partial charge in [0.2, 0.25) is 0 Å². The van der Waals surface area contributed by atoms with Crippen LogP contribution in [-0.4, -0.2) is 11.1 Å². The molecule has 82 valence electrons. The number of rotatable bonds is 4. The Morgan fingerprint density at radius 3 is 2.60 bits per heavy atom. The van der Waals surface area contributed by atoms with Crippen LogP contribution in [0.4, 0.5) is 0 Å². The molecule has 1 aromatic carbocycles. The average molecular weight is 206 g/mol. The van der Waals surface area contributed by atoms with Crippen LogP contribution in [0.1, 0.15) is 42.9 Å². The van der Waals surface area contributed by atoms with Gasteiger partial charge in [0.15, 0.2) is 0 Å². The Kier molecular flexibility index (Phi) is 3.89. The van der Waals surface area contributed by atoms with Gasteiger partial charge in [0.1, 0.15) is 0 Å². The molecule has 0 aliphatic heterocycles. The van der Waals surface area contributed by atoms with Crippen molar-refractivity contribution in [1.29, 1.82) is 0 Å². The van der Waals surface area contributed by atoms with Gasteiger partial charge in [-0.1, -0.05) is 37.6 Å². The number of carbonyl (C=O) groups is 1. The molecule has 0 radical (unpaired) electrons. The van der Waals surface area contributed by atoms with E-state index in [2.05, 4.69) is 32.0 Å². The van der Waals surface area contributed by atoms with Crippen molar-refractivity contribution in [2.45, 2.75) is 39.5 Å². The summed E-state index contributed by atoms with van der Waals surface area (Å²) in [4.78, 5) is 10.5. The molecule has 0 unspecified atom stereocenters. The first-order valence-corrected chi connectivity index (χ1v) is 5.32. The standard InChI is InChI=1S/C13H18O2/c1-9(2)12-6-4-10(3)8-11(12)5-7-13(14)15/h4,6,8-9H,5,7H2,1-3H3,(H,14,15). The molecule has 1 aromatic rings. The zero-order valence-electron chi connectivity index (χ0n) is 9.58. The van der Waals surface area contributed by atoms with E-state index < -0.39 is 5.97 Å². The van der Waals surface area contributed by atoms with E-state index in [1.54, 1.807) is 0 Å². The average Bonchev–Trinajstić information content (AvgIpc) is 2.14. The fraction of sp³-hybridized carbons (Fsp3) is 0.462. The van der Waals surface area contributed by atoms with Gasteiger partial charge in [0, 0.05) is 6.42 Å². The molecule has 0 aromatic heterocycles. The van der Waals surface area contributed by atoms with Gasteiger partial charge in [0.25, 0.3) is 0 Å². The summed E-state index contributed by atoms with van der Waals surface area (Å²) < 4.78 is 0. The molecule has 0 amide bonds. The van der Waals surface area contributed by atoms with Crippen LogP contribution in [0.2, 0.25) is 0 Å². The molecule has 0 bridgehead atoms. The molecular formula is C13H18O2. The van der Waals surface area contributed by atoms with Gasteiger partial charge in [0.05, 0.1) is 0 Å². The second-order valence-corrected chi connectivity index (χ2v) is 4.25. The molecule has 0 atom stereocenters. The molecule has 2 heteroatoms. The van der Waals surface area contributed by atoms with Gasteiger partial charge < -0.3 is 5.11 Å². The van der Waals surface area contributed by atoms with Gasteiger partial charge in [-0.25, -0.2) is 0 Å². The van der Waals surface area contributed by atoms with Crippen LogP contribution in [0.15, 0.2) is 18.2 Å². The maximum Gasteiger partial charge on any atom is 0.303 e. The molecule has 0 heterocycles. The van der Waals surface area contributed by atoms with Crippen molar-refractivity contribution in [3.05, 3.63) is 34.9 Å². The second-order valence-electron chi connectivity index (χ2n) is 4.25. The predicted molar refractivity (Wildman–Crippen MR) is 61.2 cm³/mol. The molecule has 0 saturated carbocycles. The number of aliphatic carboxylic acids is 1. The third-order valence-electron chi connectivity index (χ3n) is 2.53. The quantitative estimate of drug-likeness (QED) is 0.821. The van der Waals surface area contributed by atoms with E-state index in [1.165, 1.54) is 16.7 Å². The molecule has 0 fully saturated rings. The number of carboxylic acids is 1. The van der Waals surface area contributed by atoms with E-state index in [0.717, 1.165) is 0 Å². The predicted octanol–water partition coefficient (Wildman–Crippen LogP) is 3.14. The summed E-state index contributed by atoms with van der Waals surface area (Å²) in [6.45, 7) is 6.30. The first kappa shape index (κ1) is 11.8. The molecular weight excluding hydrogens is 188 g/mol. The Bertz CT molecular complexity index is 354. The highest BCUT2D eigenvalue weighted by molar-refractivity contribution is 5.67. The maximum atomic E-state index is 10.5. The van der Waals surface area contributed by atoms with Crippen molar-refractivity contribution in [2.75, 3.05) is 0 Å². The van der Waals surface area contributed by atoms with Crippen LogP contribution >= 0.6 is 0 Å². The van der Waals surface area contributed by atoms with Gasteiger partial charge in [-0.3, -0.25) is 4.79 Å².